The Morgan fingerprint density at radius 2 is 2.07 bits per heavy atom. The number of hydrogen-bond acceptors (Lipinski definition) is 4. The van der Waals surface area contributed by atoms with Crippen LogP contribution in [0.5, 0.6) is 0 Å². The lowest BCUT2D eigenvalue weighted by molar-refractivity contribution is -0.146. The Bertz CT molecular complexity index is 749. The van der Waals surface area contributed by atoms with Gasteiger partial charge in [0.15, 0.2) is 5.96 Å². The predicted octanol–water partition coefficient (Wildman–Crippen LogP) is 1.67. The Labute approximate surface area is 166 Å². The second-order valence-corrected chi connectivity index (χ2v) is 7.51. The topological polar surface area (TPSA) is 74.2 Å². The molecule has 2 aliphatic rings. The third kappa shape index (κ3) is 4.29. The molecule has 0 bridgehead atoms. The second-order valence-electron chi connectivity index (χ2n) is 7.51. The summed E-state index contributed by atoms with van der Waals surface area (Å²) in [6.45, 7) is 4.87. The van der Waals surface area contributed by atoms with Crippen LogP contribution in [-0.4, -0.2) is 63.1 Å². The first-order valence-electron chi connectivity index (χ1n) is 9.96. The summed E-state index contributed by atoms with van der Waals surface area (Å²) in [5, 5.41) is 3.33. The first-order chi connectivity index (χ1) is 13.5. The minimum atomic E-state index is -0.165. The van der Waals surface area contributed by atoms with Gasteiger partial charge in [-0.2, -0.15) is 0 Å². The van der Waals surface area contributed by atoms with Crippen LogP contribution >= 0.6 is 0 Å². The van der Waals surface area contributed by atoms with E-state index in [0.29, 0.717) is 19.5 Å². The Kier molecular flexibility index (Phi) is 6.54. The van der Waals surface area contributed by atoms with Gasteiger partial charge in [0.2, 0.25) is 5.91 Å². The maximum Gasteiger partial charge on any atom is 0.310 e. The summed E-state index contributed by atoms with van der Waals surface area (Å²) in [4.78, 5) is 32.8. The van der Waals surface area contributed by atoms with Gasteiger partial charge in [-0.05, 0) is 30.4 Å². The molecule has 1 N–H and O–H groups in total. The Balaban J connectivity index is 1.44. The molecule has 0 aliphatic carbocycles. The van der Waals surface area contributed by atoms with Gasteiger partial charge in [-0.25, -0.2) is 0 Å². The highest BCUT2D eigenvalue weighted by Gasteiger charge is 2.36. The Morgan fingerprint density at radius 1 is 1.29 bits per heavy atom. The standard InChI is InChI=1S/C21H30N4O3/c1-15-13-24(14-17(15)20(27)28-3)21(22-2)23-11-6-9-19(26)25-12-10-16-7-4-5-8-18(16)25/h4-5,7-8,15,17H,6,9-14H2,1-3H3,(H,22,23). The van der Waals surface area contributed by atoms with Gasteiger partial charge < -0.3 is 19.9 Å². The molecule has 7 nitrogen and oxygen atoms in total. The number of fused-ring (bicyclic) bond motifs is 1. The van der Waals surface area contributed by atoms with Gasteiger partial charge in [0.05, 0.1) is 13.0 Å². The molecule has 1 fully saturated rings. The number of carbonyl (C=O) groups excluding carboxylic acids is 2. The SMILES string of the molecule is CN=C(NCCCC(=O)N1CCc2ccccc21)N1CC(C)C(C(=O)OC)C1. The molecule has 7 heteroatoms. The van der Waals surface area contributed by atoms with Crippen LogP contribution in [0, 0.1) is 11.8 Å². The molecular formula is C21H30N4O3. The molecule has 1 saturated heterocycles. The lowest BCUT2D eigenvalue weighted by atomic mass is 9.99. The van der Waals surface area contributed by atoms with Crippen LogP contribution in [0.3, 0.4) is 0 Å². The number of nitrogens with zero attached hydrogens (tertiary/aromatic N) is 3. The second kappa shape index (κ2) is 9.08. The maximum absolute atomic E-state index is 12.6. The van der Waals surface area contributed by atoms with Crippen LogP contribution in [0.1, 0.15) is 25.3 Å². The largest absolute Gasteiger partial charge is 0.469 e. The van der Waals surface area contributed by atoms with Gasteiger partial charge in [0.25, 0.3) is 0 Å². The third-order valence-electron chi connectivity index (χ3n) is 5.67. The zero-order valence-electron chi connectivity index (χ0n) is 17.0. The van der Waals surface area contributed by atoms with Gasteiger partial charge in [0.1, 0.15) is 0 Å². The molecule has 2 aliphatic heterocycles. The summed E-state index contributed by atoms with van der Waals surface area (Å²) in [5.41, 5.74) is 2.30. The fourth-order valence-corrected chi connectivity index (χ4v) is 4.10. The molecule has 1 aromatic rings. The van der Waals surface area contributed by atoms with E-state index in [-0.39, 0.29) is 23.7 Å². The number of guanidine groups is 1. The van der Waals surface area contributed by atoms with Crippen molar-refractivity contribution in [3.05, 3.63) is 29.8 Å². The van der Waals surface area contributed by atoms with Crippen LogP contribution in [0.25, 0.3) is 0 Å². The minimum Gasteiger partial charge on any atom is -0.469 e. The Morgan fingerprint density at radius 3 is 2.82 bits per heavy atom. The molecular weight excluding hydrogens is 356 g/mol. The van der Waals surface area contributed by atoms with E-state index in [2.05, 4.69) is 28.2 Å². The number of nitrogens with one attached hydrogen (secondary N) is 1. The number of para-hydroxylation sites is 1. The van der Waals surface area contributed by atoms with E-state index in [4.69, 9.17) is 4.74 Å². The van der Waals surface area contributed by atoms with Gasteiger partial charge in [-0.3, -0.25) is 14.6 Å². The zero-order valence-corrected chi connectivity index (χ0v) is 17.0. The zero-order chi connectivity index (χ0) is 20.1. The highest BCUT2D eigenvalue weighted by atomic mass is 16.5. The molecule has 0 aromatic heterocycles. The van der Waals surface area contributed by atoms with Crippen molar-refractivity contribution in [3.63, 3.8) is 0 Å². The lowest BCUT2D eigenvalue weighted by Crippen LogP contribution is -2.41. The molecule has 1 aromatic carbocycles. The number of likely N-dealkylation sites (tertiary alicyclic amines) is 1. The molecule has 1 amide bonds. The highest BCUT2D eigenvalue weighted by molar-refractivity contribution is 5.95. The minimum absolute atomic E-state index is 0.125. The molecule has 0 spiro atoms. The number of ether oxygens (including phenoxy) is 1. The van der Waals surface area contributed by atoms with Gasteiger partial charge in [-0.15, -0.1) is 0 Å². The summed E-state index contributed by atoms with van der Waals surface area (Å²) in [6, 6.07) is 8.11. The van der Waals surface area contributed by atoms with Crippen LogP contribution in [0.2, 0.25) is 0 Å². The normalized spacial score (nSPS) is 21.6. The first kappa shape index (κ1) is 20.2. The number of methoxy groups -OCH3 is 1. The van der Waals surface area contributed by atoms with E-state index in [1.54, 1.807) is 7.05 Å². The molecule has 0 saturated carbocycles. The summed E-state index contributed by atoms with van der Waals surface area (Å²) in [7, 11) is 3.17. The van der Waals surface area contributed by atoms with Gasteiger partial charge in [0, 0.05) is 45.3 Å². The van der Waals surface area contributed by atoms with Crippen molar-refractivity contribution in [2.75, 3.05) is 45.2 Å². The predicted molar refractivity (Wildman–Crippen MR) is 109 cm³/mol. The lowest BCUT2D eigenvalue weighted by Gasteiger charge is -2.22. The van der Waals surface area contributed by atoms with E-state index >= 15 is 0 Å². The molecule has 2 heterocycles. The van der Waals surface area contributed by atoms with Crippen molar-refractivity contribution in [1.82, 2.24) is 10.2 Å². The summed E-state index contributed by atoms with van der Waals surface area (Å²) in [6.07, 6.45) is 2.17. The maximum atomic E-state index is 12.6. The summed E-state index contributed by atoms with van der Waals surface area (Å²) < 4.78 is 4.90. The number of carbonyl (C=O) groups is 2. The number of aliphatic imine (C=N–C) groups is 1. The average Bonchev–Trinajstić information content (AvgIpc) is 3.31. The van der Waals surface area contributed by atoms with E-state index in [9.17, 15) is 9.59 Å². The van der Waals surface area contributed by atoms with Crippen molar-refractivity contribution in [1.29, 1.82) is 0 Å². The quantitative estimate of drug-likeness (QED) is 0.361. The van der Waals surface area contributed by atoms with Crippen LogP contribution in [0.4, 0.5) is 5.69 Å². The van der Waals surface area contributed by atoms with Crippen molar-refractivity contribution in [2.45, 2.75) is 26.2 Å². The number of esters is 1. The van der Waals surface area contributed by atoms with Crippen LogP contribution < -0.4 is 10.2 Å². The molecule has 152 valence electrons. The number of anilines is 1. The smallest absolute Gasteiger partial charge is 0.310 e. The first-order valence-corrected chi connectivity index (χ1v) is 9.96. The highest BCUT2D eigenvalue weighted by Crippen LogP contribution is 2.28. The summed E-state index contributed by atoms with van der Waals surface area (Å²) in [5.74, 6) is 0.879. The van der Waals surface area contributed by atoms with Crippen molar-refractivity contribution in [3.8, 4) is 0 Å². The van der Waals surface area contributed by atoms with E-state index < -0.39 is 0 Å². The monoisotopic (exact) mass is 386 g/mol. The van der Waals surface area contributed by atoms with Crippen LogP contribution in [0.15, 0.2) is 29.3 Å². The molecule has 2 unspecified atom stereocenters. The molecule has 0 radical (unpaired) electrons. The number of amides is 1. The van der Waals surface area contributed by atoms with E-state index in [1.807, 2.05) is 23.1 Å². The van der Waals surface area contributed by atoms with Crippen molar-refractivity contribution in [2.24, 2.45) is 16.8 Å². The van der Waals surface area contributed by atoms with Crippen molar-refractivity contribution >= 4 is 23.5 Å². The fourth-order valence-electron chi connectivity index (χ4n) is 4.10. The Hall–Kier alpha value is -2.57. The fraction of sp³-hybridized carbons (Fsp3) is 0.571. The molecule has 28 heavy (non-hydrogen) atoms. The molecule has 2 atom stereocenters. The number of hydrogen-bond donors (Lipinski definition) is 1. The van der Waals surface area contributed by atoms with Gasteiger partial charge >= 0.3 is 5.97 Å². The van der Waals surface area contributed by atoms with Gasteiger partial charge in [-0.1, -0.05) is 25.1 Å². The number of benzene rings is 1. The third-order valence-corrected chi connectivity index (χ3v) is 5.67. The van der Waals surface area contributed by atoms with Crippen molar-refractivity contribution < 1.29 is 14.3 Å². The molecule has 3 rings (SSSR count). The summed E-state index contributed by atoms with van der Waals surface area (Å²) >= 11 is 0. The average molecular weight is 386 g/mol. The van der Waals surface area contributed by atoms with E-state index in [0.717, 1.165) is 37.6 Å². The van der Waals surface area contributed by atoms with Crippen LogP contribution in [-0.2, 0) is 20.7 Å². The number of rotatable bonds is 5. The van der Waals surface area contributed by atoms with E-state index in [1.165, 1.54) is 12.7 Å².